The number of aromatic nitrogens is 1. The summed E-state index contributed by atoms with van der Waals surface area (Å²) in [7, 11) is 0. The molecule has 3 aromatic rings. The molecule has 1 aromatic heterocycles. The van der Waals surface area contributed by atoms with E-state index in [2.05, 4.69) is 4.98 Å². The molecule has 0 aliphatic carbocycles. The second-order valence-corrected chi connectivity index (χ2v) is 10.0. The molecule has 1 aliphatic rings. The molecule has 1 fully saturated rings. The van der Waals surface area contributed by atoms with Crippen LogP contribution in [0.3, 0.4) is 0 Å². The third-order valence-electron chi connectivity index (χ3n) is 7.36. The number of benzene rings is 2. The van der Waals surface area contributed by atoms with Crippen LogP contribution < -0.4 is 16.0 Å². The van der Waals surface area contributed by atoms with Crippen molar-refractivity contribution in [2.24, 2.45) is 17.1 Å². The minimum Gasteiger partial charge on any atom is -0.481 e. The van der Waals surface area contributed by atoms with E-state index >= 15 is 0 Å². The fourth-order valence-electron chi connectivity index (χ4n) is 4.89. The number of hydrogen-bond donors (Lipinski definition) is 2. The Morgan fingerprint density at radius 2 is 1.89 bits per heavy atom. The van der Waals surface area contributed by atoms with Crippen LogP contribution in [-0.2, 0) is 9.59 Å². The molecule has 1 aliphatic heterocycles. The molecule has 0 spiro atoms. The van der Waals surface area contributed by atoms with Crippen molar-refractivity contribution in [1.82, 2.24) is 9.88 Å². The summed E-state index contributed by atoms with van der Waals surface area (Å²) in [6.07, 6.45) is 2.67. The summed E-state index contributed by atoms with van der Waals surface area (Å²) in [4.78, 5) is 42.3. The zero-order chi connectivity index (χ0) is 25.3. The molecule has 2 aromatic carbocycles. The van der Waals surface area contributed by atoms with Crippen molar-refractivity contribution in [3.8, 4) is 16.9 Å². The Labute approximate surface area is 205 Å². The lowest BCUT2D eigenvalue weighted by atomic mass is 9.74. The Morgan fingerprint density at radius 3 is 2.60 bits per heavy atom. The zero-order valence-electron chi connectivity index (χ0n) is 20.8. The topological polar surface area (TPSA) is 105 Å². The molecule has 4 rings (SSSR count). The smallest absolute Gasteiger partial charge is 0.263 e. The highest BCUT2D eigenvalue weighted by atomic mass is 16.5. The number of nitrogens with one attached hydrogen (secondary N) is 1. The number of ether oxygens (including phenoxy) is 1. The molecule has 2 heterocycles. The van der Waals surface area contributed by atoms with Gasteiger partial charge in [-0.25, -0.2) is 0 Å². The lowest BCUT2D eigenvalue weighted by molar-refractivity contribution is -0.143. The van der Waals surface area contributed by atoms with E-state index in [0.29, 0.717) is 24.2 Å². The average molecular weight is 476 g/mol. The van der Waals surface area contributed by atoms with Gasteiger partial charge < -0.3 is 20.4 Å². The average Bonchev–Trinajstić information content (AvgIpc) is 2.84. The van der Waals surface area contributed by atoms with Gasteiger partial charge in [-0.15, -0.1) is 0 Å². The molecule has 1 unspecified atom stereocenters. The van der Waals surface area contributed by atoms with Gasteiger partial charge in [0, 0.05) is 30.3 Å². The summed E-state index contributed by atoms with van der Waals surface area (Å²) in [6, 6.07) is 13.4. The van der Waals surface area contributed by atoms with Gasteiger partial charge in [0.2, 0.25) is 5.91 Å². The molecule has 0 saturated carbocycles. The molecule has 35 heavy (non-hydrogen) atoms. The lowest BCUT2D eigenvalue weighted by Gasteiger charge is -2.40. The summed E-state index contributed by atoms with van der Waals surface area (Å²) < 4.78 is 5.99. The molecule has 7 heteroatoms. The first-order chi connectivity index (χ1) is 16.6. The van der Waals surface area contributed by atoms with Gasteiger partial charge in [0.1, 0.15) is 5.75 Å². The zero-order valence-corrected chi connectivity index (χ0v) is 20.8. The van der Waals surface area contributed by atoms with E-state index in [0.717, 1.165) is 34.9 Å². The van der Waals surface area contributed by atoms with Crippen LogP contribution in [0.5, 0.6) is 5.75 Å². The van der Waals surface area contributed by atoms with Crippen molar-refractivity contribution in [2.45, 2.75) is 46.6 Å². The largest absolute Gasteiger partial charge is 0.481 e. The Balaban J connectivity index is 1.55. The number of carbonyl (C=O) groups excluding carboxylic acids is 2. The molecular weight excluding hydrogens is 442 g/mol. The predicted octanol–water partition coefficient (Wildman–Crippen LogP) is 4.02. The molecule has 3 N–H and O–H groups in total. The number of H-pyrrole nitrogens is 1. The number of likely N-dealkylation sites (tertiary alicyclic amines) is 1. The lowest BCUT2D eigenvalue weighted by Crippen LogP contribution is -2.51. The van der Waals surface area contributed by atoms with E-state index < -0.39 is 11.5 Å². The van der Waals surface area contributed by atoms with Crippen LogP contribution in [0.4, 0.5) is 0 Å². The predicted molar refractivity (Wildman–Crippen MR) is 137 cm³/mol. The fourth-order valence-corrected chi connectivity index (χ4v) is 4.89. The van der Waals surface area contributed by atoms with Crippen molar-refractivity contribution < 1.29 is 14.3 Å². The molecule has 2 amide bonds. The fraction of sp³-hybridized carbons (Fsp3) is 0.393. The Bertz CT molecular complexity index is 1330. The Morgan fingerprint density at radius 1 is 1.14 bits per heavy atom. The van der Waals surface area contributed by atoms with Gasteiger partial charge in [-0.3, -0.25) is 14.4 Å². The number of aryl methyl sites for hydroxylation is 1. The number of hydrogen-bond acceptors (Lipinski definition) is 4. The summed E-state index contributed by atoms with van der Waals surface area (Å²) in [6.45, 7) is 8.52. The minimum absolute atomic E-state index is 0.00370. The number of fused-ring (bicyclic) bond motifs is 1. The summed E-state index contributed by atoms with van der Waals surface area (Å²) in [5.41, 5.74) is 7.80. The molecule has 2 atom stereocenters. The SMILES string of the molecule is Cc1ccccc1-c1c[nH]c(=O)c2cc(O[C@H](C)C(=O)N3CCCC(C(C)(C)C(N)=O)C3)ccc12. The monoisotopic (exact) mass is 475 g/mol. The highest BCUT2D eigenvalue weighted by molar-refractivity contribution is 5.97. The van der Waals surface area contributed by atoms with Gasteiger partial charge in [-0.2, -0.15) is 0 Å². The van der Waals surface area contributed by atoms with Crippen LogP contribution in [0, 0.1) is 18.3 Å². The van der Waals surface area contributed by atoms with Gasteiger partial charge in [0.25, 0.3) is 11.5 Å². The quantitative estimate of drug-likeness (QED) is 0.562. The van der Waals surface area contributed by atoms with E-state index in [4.69, 9.17) is 10.5 Å². The van der Waals surface area contributed by atoms with E-state index in [-0.39, 0.29) is 23.3 Å². The van der Waals surface area contributed by atoms with E-state index in [1.807, 2.05) is 51.1 Å². The van der Waals surface area contributed by atoms with Gasteiger partial charge in [-0.1, -0.05) is 38.1 Å². The van der Waals surface area contributed by atoms with Gasteiger partial charge in [0.05, 0.1) is 5.39 Å². The maximum absolute atomic E-state index is 13.2. The van der Waals surface area contributed by atoms with Gasteiger partial charge in [0.15, 0.2) is 6.10 Å². The van der Waals surface area contributed by atoms with Crippen LogP contribution in [0.2, 0.25) is 0 Å². The standard InChI is InChI=1S/C28H33N3O4/c1-17-8-5-6-10-21(17)24-15-30-25(32)23-14-20(11-12-22(23)24)35-18(2)26(33)31-13-7-9-19(16-31)28(3,4)27(29)34/h5-6,8,10-12,14-15,18-19H,7,9,13,16H2,1-4H3,(H2,29,34)(H,30,32)/t18-,19?/m1/s1. The highest BCUT2D eigenvalue weighted by Gasteiger charge is 2.39. The molecule has 7 nitrogen and oxygen atoms in total. The van der Waals surface area contributed by atoms with Crippen LogP contribution in [0.25, 0.3) is 21.9 Å². The number of nitrogens with two attached hydrogens (primary N) is 1. The first kappa shape index (κ1) is 24.5. The Hall–Kier alpha value is -3.61. The highest BCUT2D eigenvalue weighted by Crippen LogP contribution is 2.34. The molecule has 1 saturated heterocycles. The maximum Gasteiger partial charge on any atom is 0.263 e. The minimum atomic E-state index is -0.735. The number of carbonyl (C=O) groups is 2. The second-order valence-electron chi connectivity index (χ2n) is 10.0. The number of nitrogens with zero attached hydrogens (tertiary/aromatic N) is 1. The maximum atomic E-state index is 13.2. The van der Waals surface area contributed by atoms with E-state index in [9.17, 15) is 14.4 Å². The van der Waals surface area contributed by atoms with Crippen molar-refractivity contribution >= 4 is 22.6 Å². The first-order valence-electron chi connectivity index (χ1n) is 12.1. The molecule has 0 bridgehead atoms. The second kappa shape index (κ2) is 9.56. The molecular formula is C28H33N3O4. The normalized spacial score (nSPS) is 17.3. The number of amides is 2. The van der Waals surface area contributed by atoms with Crippen LogP contribution in [0.15, 0.2) is 53.5 Å². The number of piperidine rings is 1. The summed E-state index contributed by atoms with van der Waals surface area (Å²) >= 11 is 0. The van der Waals surface area contributed by atoms with Crippen molar-refractivity contribution in [2.75, 3.05) is 13.1 Å². The number of pyridine rings is 1. The van der Waals surface area contributed by atoms with Crippen molar-refractivity contribution in [1.29, 1.82) is 0 Å². The van der Waals surface area contributed by atoms with Gasteiger partial charge in [-0.05, 0) is 67.3 Å². The number of aromatic amines is 1. The van der Waals surface area contributed by atoms with Crippen molar-refractivity contribution in [3.63, 3.8) is 0 Å². The summed E-state index contributed by atoms with van der Waals surface area (Å²) in [5, 5.41) is 1.33. The number of primary amides is 1. The van der Waals surface area contributed by atoms with Crippen LogP contribution >= 0.6 is 0 Å². The van der Waals surface area contributed by atoms with Crippen LogP contribution in [0.1, 0.15) is 39.2 Å². The van der Waals surface area contributed by atoms with Crippen molar-refractivity contribution in [3.05, 3.63) is 64.6 Å². The first-order valence-corrected chi connectivity index (χ1v) is 12.1. The Kier molecular flexibility index (Phi) is 6.70. The molecule has 0 radical (unpaired) electrons. The van der Waals surface area contributed by atoms with Crippen LogP contribution in [-0.4, -0.2) is 40.9 Å². The summed E-state index contributed by atoms with van der Waals surface area (Å²) in [5.74, 6) is -0.0361. The van der Waals surface area contributed by atoms with E-state index in [1.54, 1.807) is 30.2 Å². The van der Waals surface area contributed by atoms with Gasteiger partial charge >= 0.3 is 0 Å². The third-order valence-corrected chi connectivity index (χ3v) is 7.36. The third kappa shape index (κ3) is 4.81. The number of rotatable bonds is 6. The van der Waals surface area contributed by atoms with E-state index in [1.165, 1.54) is 0 Å². The molecule has 184 valence electrons.